The average Bonchev–Trinajstić information content (AvgIpc) is 3.47. The zero-order valence-corrected chi connectivity index (χ0v) is 16.2. The number of hydrogen-bond donors (Lipinski definition) is 3. The fourth-order valence-electron chi connectivity index (χ4n) is 4.19. The molecule has 1 saturated heterocycles. The lowest BCUT2D eigenvalue weighted by Gasteiger charge is -2.42. The average molecular weight is 392 g/mol. The van der Waals surface area contributed by atoms with Gasteiger partial charge in [0.25, 0.3) is 0 Å². The fraction of sp³-hybridized carbons (Fsp3) is 0.684. The Morgan fingerprint density at radius 3 is 2.89 bits per heavy atom. The maximum absolute atomic E-state index is 12.6. The van der Waals surface area contributed by atoms with E-state index < -0.39 is 0 Å². The molecule has 2 aliphatic carbocycles. The smallest absolute Gasteiger partial charge is 0.228 e. The minimum Gasteiger partial charge on any atom is -0.353 e. The topological polar surface area (TPSA) is 96.0 Å². The number of halogens is 1. The van der Waals surface area contributed by atoms with Gasteiger partial charge in [0.05, 0.1) is 5.92 Å². The highest BCUT2D eigenvalue weighted by atomic mass is 35.5. The number of hydrogen-bond acceptors (Lipinski definition) is 5. The number of aromatic nitrogens is 2. The van der Waals surface area contributed by atoms with Crippen molar-refractivity contribution in [3.63, 3.8) is 0 Å². The number of nitrogens with one attached hydrogen (secondary N) is 3. The third-order valence-electron chi connectivity index (χ3n) is 5.95. The number of carbonyl (C=O) groups excluding carboxylic acids is 2. The van der Waals surface area contributed by atoms with Gasteiger partial charge in [-0.1, -0.05) is 0 Å². The van der Waals surface area contributed by atoms with Crippen molar-refractivity contribution in [2.45, 2.75) is 62.9 Å². The molecule has 0 aromatic carbocycles. The van der Waals surface area contributed by atoms with E-state index in [0.717, 1.165) is 38.5 Å². The van der Waals surface area contributed by atoms with Gasteiger partial charge in [-0.05, 0) is 57.4 Å². The van der Waals surface area contributed by atoms with Gasteiger partial charge >= 0.3 is 0 Å². The van der Waals surface area contributed by atoms with Crippen LogP contribution in [-0.2, 0) is 9.59 Å². The van der Waals surface area contributed by atoms with E-state index >= 15 is 0 Å². The van der Waals surface area contributed by atoms with Crippen molar-refractivity contribution in [2.24, 2.45) is 17.8 Å². The van der Waals surface area contributed by atoms with E-state index in [0.29, 0.717) is 17.7 Å². The summed E-state index contributed by atoms with van der Waals surface area (Å²) in [7, 11) is 0. The summed E-state index contributed by atoms with van der Waals surface area (Å²) in [6.45, 7) is 1.98. The molecule has 3 N–H and O–H groups in total. The van der Waals surface area contributed by atoms with E-state index in [2.05, 4.69) is 25.9 Å². The summed E-state index contributed by atoms with van der Waals surface area (Å²) in [6.07, 6.45) is 7.21. The number of alkyl halides is 1. The maximum atomic E-state index is 12.6. The molecular weight excluding hydrogens is 366 g/mol. The summed E-state index contributed by atoms with van der Waals surface area (Å²) >= 11 is 6.33. The van der Waals surface area contributed by atoms with Crippen molar-refractivity contribution in [1.29, 1.82) is 0 Å². The number of carbonyl (C=O) groups is 2. The summed E-state index contributed by atoms with van der Waals surface area (Å²) < 4.78 is 0. The highest BCUT2D eigenvalue weighted by Gasteiger charge is 2.41. The van der Waals surface area contributed by atoms with Gasteiger partial charge in [0.15, 0.2) is 0 Å². The summed E-state index contributed by atoms with van der Waals surface area (Å²) in [5.74, 6) is 1.41. The Bertz CT molecular complexity index is 726. The Morgan fingerprint density at radius 2 is 2.11 bits per heavy atom. The Morgan fingerprint density at radius 1 is 1.30 bits per heavy atom. The summed E-state index contributed by atoms with van der Waals surface area (Å²) in [5.41, 5.74) is 0. The molecule has 2 amide bonds. The summed E-state index contributed by atoms with van der Waals surface area (Å²) in [4.78, 5) is 33.1. The molecule has 2 heterocycles. The zero-order valence-electron chi connectivity index (χ0n) is 15.5. The number of anilines is 2. The van der Waals surface area contributed by atoms with Gasteiger partial charge < -0.3 is 16.0 Å². The molecule has 2 saturated carbocycles. The normalized spacial score (nSPS) is 31.4. The Labute approximate surface area is 164 Å². The van der Waals surface area contributed by atoms with Gasteiger partial charge in [0.1, 0.15) is 5.82 Å². The van der Waals surface area contributed by atoms with Crippen LogP contribution in [0.25, 0.3) is 0 Å². The first-order valence-electron chi connectivity index (χ1n) is 9.84. The summed E-state index contributed by atoms with van der Waals surface area (Å²) in [6, 6.07) is 1.82. The second-order valence-corrected chi connectivity index (χ2v) is 8.71. The lowest BCUT2D eigenvalue weighted by molar-refractivity contribution is -0.130. The predicted octanol–water partition coefficient (Wildman–Crippen LogP) is 2.54. The maximum Gasteiger partial charge on any atom is 0.228 e. The Hall–Kier alpha value is -1.89. The number of piperidine rings is 1. The molecule has 5 atom stereocenters. The first-order chi connectivity index (χ1) is 13.0. The molecule has 8 heteroatoms. The molecule has 1 aromatic heterocycles. The van der Waals surface area contributed by atoms with Crippen LogP contribution in [0.5, 0.6) is 0 Å². The minimum absolute atomic E-state index is 0.0123. The number of amides is 2. The number of fused-ring (bicyclic) bond motifs is 1. The van der Waals surface area contributed by atoms with Crippen molar-refractivity contribution in [3.05, 3.63) is 12.3 Å². The van der Waals surface area contributed by atoms with Gasteiger partial charge in [-0.2, -0.15) is 4.98 Å². The molecule has 27 heavy (non-hydrogen) atoms. The van der Waals surface area contributed by atoms with Crippen LogP contribution in [0.1, 0.15) is 45.4 Å². The van der Waals surface area contributed by atoms with Crippen LogP contribution in [-0.4, -0.2) is 39.2 Å². The van der Waals surface area contributed by atoms with Crippen LogP contribution >= 0.6 is 11.6 Å². The highest BCUT2D eigenvalue weighted by molar-refractivity contribution is 6.20. The van der Waals surface area contributed by atoms with E-state index in [-0.39, 0.29) is 41.1 Å². The van der Waals surface area contributed by atoms with Gasteiger partial charge in [0.2, 0.25) is 17.8 Å². The van der Waals surface area contributed by atoms with Gasteiger partial charge in [-0.3, -0.25) is 9.59 Å². The Kier molecular flexibility index (Phi) is 5.21. The van der Waals surface area contributed by atoms with Crippen molar-refractivity contribution >= 4 is 35.2 Å². The molecule has 1 aromatic rings. The van der Waals surface area contributed by atoms with Gasteiger partial charge in [-0.25, -0.2) is 4.98 Å². The van der Waals surface area contributed by atoms with Crippen LogP contribution in [0.2, 0.25) is 0 Å². The second kappa shape index (κ2) is 7.62. The van der Waals surface area contributed by atoms with Crippen LogP contribution in [0.15, 0.2) is 12.3 Å². The third kappa shape index (κ3) is 4.34. The lowest BCUT2D eigenvalue weighted by atomic mass is 9.74. The van der Waals surface area contributed by atoms with Crippen molar-refractivity contribution < 1.29 is 9.59 Å². The molecule has 7 nitrogen and oxygen atoms in total. The largest absolute Gasteiger partial charge is 0.353 e. The molecule has 3 fully saturated rings. The van der Waals surface area contributed by atoms with Crippen LogP contribution < -0.4 is 16.0 Å². The standard InChI is InChI=1S/C19H26ClN5O2/c1-10(14-9-12-8-13(20)4-5-15(12)23-18(14)27)22-19-21-7-6-16(25-19)24-17(26)11-2-3-11/h6-7,10-15H,2-5,8-9H2,1H3,(H,23,27)(H2,21,22,24,25,26)/t10-,12?,13?,14?,15?/m0/s1. The number of rotatable bonds is 5. The molecule has 3 aliphatic rings. The predicted molar refractivity (Wildman–Crippen MR) is 103 cm³/mol. The SMILES string of the molecule is C[C@H](Nc1nccc(NC(=O)C2CC2)n1)C1CC2CC(Cl)CCC2NC1=O. The van der Waals surface area contributed by atoms with Crippen LogP contribution in [0.3, 0.4) is 0 Å². The zero-order chi connectivity index (χ0) is 19.0. The number of nitrogens with zero attached hydrogens (tertiary/aromatic N) is 2. The Balaban J connectivity index is 1.38. The summed E-state index contributed by atoms with van der Waals surface area (Å²) in [5, 5.41) is 9.45. The molecule has 4 unspecified atom stereocenters. The van der Waals surface area contributed by atoms with E-state index in [1.807, 2.05) is 6.92 Å². The quantitative estimate of drug-likeness (QED) is 0.670. The van der Waals surface area contributed by atoms with Gasteiger partial charge in [0, 0.05) is 29.6 Å². The van der Waals surface area contributed by atoms with Crippen LogP contribution in [0.4, 0.5) is 11.8 Å². The molecule has 0 radical (unpaired) electrons. The molecule has 4 rings (SSSR count). The molecule has 146 valence electrons. The molecule has 0 bridgehead atoms. The molecule has 1 aliphatic heterocycles. The lowest BCUT2D eigenvalue weighted by Crippen LogP contribution is -2.55. The molecular formula is C19H26ClN5O2. The fourth-order valence-corrected chi connectivity index (χ4v) is 4.54. The highest BCUT2D eigenvalue weighted by Crippen LogP contribution is 2.37. The van der Waals surface area contributed by atoms with Crippen LogP contribution in [0, 0.1) is 17.8 Å². The van der Waals surface area contributed by atoms with Crippen molar-refractivity contribution in [3.8, 4) is 0 Å². The first-order valence-corrected chi connectivity index (χ1v) is 10.3. The minimum atomic E-state index is -0.151. The van der Waals surface area contributed by atoms with Gasteiger partial charge in [-0.15, -0.1) is 11.6 Å². The molecule has 0 spiro atoms. The van der Waals surface area contributed by atoms with E-state index in [1.165, 1.54) is 0 Å². The monoisotopic (exact) mass is 391 g/mol. The van der Waals surface area contributed by atoms with E-state index in [1.54, 1.807) is 12.3 Å². The van der Waals surface area contributed by atoms with Crippen molar-refractivity contribution in [2.75, 3.05) is 10.6 Å². The first kappa shape index (κ1) is 18.5. The second-order valence-electron chi connectivity index (χ2n) is 8.09. The third-order valence-corrected chi connectivity index (χ3v) is 6.35. The van der Waals surface area contributed by atoms with Crippen molar-refractivity contribution in [1.82, 2.24) is 15.3 Å². The van der Waals surface area contributed by atoms with E-state index in [4.69, 9.17) is 11.6 Å². The van der Waals surface area contributed by atoms with E-state index in [9.17, 15) is 9.59 Å².